The van der Waals surface area contributed by atoms with Crippen molar-refractivity contribution in [2.24, 2.45) is 0 Å². The van der Waals surface area contributed by atoms with E-state index < -0.39 is 0 Å². The summed E-state index contributed by atoms with van der Waals surface area (Å²) in [6.07, 6.45) is 1.74. The molecule has 2 nitrogen and oxygen atoms in total. The van der Waals surface area contributed by atoms with Crippen LogP contribution in [0.15, 0.2) is 48.7 Å². The van der Waals surface area contributed by atoms with Crippen LogP contribution in [0, 0.1) is 0 Å². The van der Waals surface area contributed by atoms with E-state index in [0.29, 0.717) is 5.82 Å². The van der Waals surface area contributed by atoms with Gasteiger partial charge < -0.3 is 5.73 Å². The fourth-order valence-electron chi connectivity index (χ4n) is 1.98. The maximum atomic E-state index is 5.91. The molecule has 0 amide bonds. The Labute approximate surface area is 87.4 Å². The third-order valence-corrected chi connectivity index (χ3v) is 2.69. The Balaban J connectivity index is 2.64. The molecule has 1 heterocycles. The lowest BCUT2D eigenvalue weighted by Gasteiger charge is -2.05. The number of anilines is 1. The van der Waals surface area contributed by atoms with Crippen molar-refractivity contribution >= 4 is 27.4 Å². The molecule has 15 heavy (non-hydrogen) atoms. The van der Waals surface area contributed by atoms with Gasteiger partial charge in [0.15, 0.2) is 0 Å². The Hall–Kier alpha value is -2.09. The summed E-state index contributed by atoms with van der Waals surface area (Å²) in [5.74, 6) is 0.601. The molecular weight excluding hydrogens is 184 g/mol. The first-order valence-electron chi connectivity index (χ1n) is 4.88. The van der Waals surface area contributed by atoms with Gasteiger partial charge in [-0.3, -0.25) is 0 Å². The minimum atomic E-state index is 0.601. The van der Waals surface area contributed by atoms with Crippen LogP contribution in [-0.4, -0.2) is 4.98 Å². The van der Waals surface area contributed by atoms with Gasteiger partial charge in [-0.25, -0.2) is 4.98 Å². The van der Waals surface area contributed by atoms with Gasteiger partial charge in [0.1, 0.15) is 5.82 Å². The summed E-state index contributed by atoms with van der Waals surface area (Å²) in [7, 11) is 0. The Morgan fingerprint density at radius 2 is 1.67 bits per heavy atom. The largest absolute Gasteiger partial charge is 0.383 e. The molecule has 0 radical (unpaired) electrons. The van der Waals surface area contributed by atoms with Gasteiger partial charge in [-0.15, -0.1) is 0 Å². The van der Waals surface area contributed by atoms with Gasteiger partial charge in [0.25, 0.3) is 0 Å². The van der Waals surface area contributed by atoms with Crippen LogP contribution in [-0.2, 0) is 0 Å². The number of nitrogens with two attached hydrogens (primary N) is 1. The van der Waals surface area contributed by atoms with Crippen molar-refractivity contribution in [3.8, 4) is 0 Å². The van der Waals surface area contributed by atoms with Crippen molar-refractivity contribution in [3.05, 3.63) is 48.7 Å². The molecule has 0 aliphatic carbocycles. The molecule has 1 aromatic heterocycles. The highest BCUT2D eigenvalue weighted by Crippen LogP contribution is 2.27. The van der Waals surface area contributed by atoms with Crippen LogP contribution in [0.3, 0.4) is 0 Å². The molecule has 0 saturated heterocycles. The highest BCUT2D eigenvalue weighted by Gasteiger charge is 2.02. The van der Waals surface area contributed by atoms with Crippen molar-refractivity contribution < 1.29 is 0 Å². The molecule has 2 aromatic carbocycles. The molecule has 0 spiro atoms. The molecule has 0 saturated carbocycles. The number of aromatic nitrogens is 1. The van der Waals surface area contributed by atoms with Gasteiger partial charge >= 0.3 is 0 Å². The summed E-state index contributed by atoms with van der Waals surface area (Å²) in [6.45, 7) is 0. The van der Waals surface area contributed by atoms with Crippen molar-refractivity contribution in [3.63, 3.8) is 0 Å². The van der Waals surface area contributed by atoms with Crippen molar-refractivity contribution in [1.29, 1.82) is 0 Å². The average Bonchev–Trinajstić information content (AvgIpc) is 2.29. The van der Waals surface area contributed by atoms with E-state index in [-0.39, 0.29) is 0 Å². The number of pyridine rings is 1. The van der Waals surface area contributed by atoms with Crippen LogP contribution in [0.1, 0.15) is 0 Å². The summed E-state index contributed by atoms with van der Waals surface area (Å²) in [4.78, 5) is 4.14. The molecule has 0 bridgehead atoms. The summed E-state index contributed by atoms with van der Waals surface area (Å²) in [5.41, 5.74) is 5.91. The molecule has 2 N–H and O–H groups in total. The van der Waals surface area contributed by atoms with Crippen LogP contribution >= 0.6 is 0 Å². The summed E-state index contributed by atoms with van der Waals surface area (Å²) in [6, 6.07) is 14.4. The number of fused-ring (bicyclic) bond motifs is 3. The van der Waals surface area contributed by atoms with Gasteiger partial charge in [-0.2, -0.15) is 0 Å². The van der Waals surface area contributed by atoms with E-state index in [1.165, 1.54) is 10.8 Å². The number of hydrogen-bond donors (Lipinski definition) is 1. The topological polar surface area (TPSA) is 38.9 Å². The van der Waals surface area contributed by atoms with Crippen LogP contribution in [0.2, 0.25) is 0 Å². The van der Waals surface area contributed by atoms with E-state index in [0.717, 1.165) is 10.8 Å². The van der Waals surface area contributed by atoms with E-state index in [4.69, 9.17) is 5.73 Å². The Bertz CT molecular complexity index is 644. The molecule has 0 unspecified atom stereocenters. The fourth-order valence-corrected chi connectivity index (χ4v) is 1.98. The summed E-state index contributed by atoms with van der Waals surface area (Å²) in [5, 5.41) is 4.56. The molecule has 0 fully saturated rings. The molecule has 3 rings (SSSR count). The van der Waals surface area contributed by atoms with E-state index >= 15 is 0 Å². The Kier molecular flexibility index (Phi) is 1.62. The maximum Gasteiger partial charge on any atom is 0.131 e. The summed E-state index contributed by atoms with van der Waals surface area (Å²) >= 11 is 0. The predicted molar refractivity (Wildman–Crippen MR) is 63.7 cm³/mol. The number of nitrogens with zero attached hydrogens (tertiary/aromatic N) is 1. The molecule has 0 aliphatic rings. The van der Waals surface area contributed by atoms with Crippen molar-refractivity contribution in [2.45, 2.75) is 0 Å². The minimum absolute atomic E-state index is 0.601. The lowest BCUT2D eigenvalue weighted by molar-refractivity contribution is 1.37. The minimum Gasteiger partial charge on any atom is -0.383 e. The number of benzene rings is 2. The molecule has 3 aromatic rings. The zero-order chi connectivity index (χ0) is 10.3. The van der Waals surface area contributed by atoms with Crippen LogP contribution in [0.25, 0.3) is 21.5 Å². The SMILES string of the molecule is Nc1nccc2ccc3ccccc3c12. The number of nitrogen functional groups attached to an aromatic ring is 1. The smallest absolute Gasteiger partial charge is 0.131 e. The number of hydrogen-bond acceptors (Lipinski definition) is 2. The third-order valence-electron chi connectivity index (χ3n) is 2.69. The Morgan fingerprint density at radius 3 is 2.60 bits per heavy atom. The second kappa shape index (κ2) is 2.95. The Morgan fingerprint density at radius 1 is 0.867 bits per heavy atom. The second-order valence-electron chi connectivity index (χ2n) is 3.58. The quantitative estimate of drug-likeness (QED) is 0.559. The van der Waals surface area contributed by atoms with Gasteiger partial charge in [-0.1, -0.05) is 36.4 Å². The lowest BCUT2D eigenvalue weighted by atomic mass is 10.0. The van der Waals surface area contributed by atoms with E-state index in [1.54, 1.807) is 6.20 Å². The van der Waals surface area contributed by atoms with E-state index in [1.807, 2.05) is 18.2 Å². The first-order valence-corrected chi connectivity index (χ1v) is 4.88. The molecule has 0 aliphatic heterocycles. The molecular formula is C13H10N2. The molecule has 72 valence electrons. The normalized spacial score (nSPS) is 10.9. The molecule has 2 heteroatoms. The van der Waals surface area contributed by atoms with E-state index in [9.17, 15) is 0 Å². The van der Waals surface area contributed by atoms with Gasteiger partial charge in [-0.05, 0) is 22.2 Å². The van der Waals surface area contributed by atoms with Crippen molar-refractivity contribution in [2.75, 3.05) is 5.73 Å². The van der Waals surface area contributed by atoms with Crippen LogP contribution < -0.4 is 5.73 Å². The first kappa shape index (κ1) is 8.24. The average molecular weight is 194 g/mol. The molecule has 0 atom stereocenters. The van der Waals surface area contributed by atoms with E-state index in [2.05, 4.69) is 29.2 Å². The maximum absolute atomic E-state index is 5.91. The van der Waals surface area contributed by atoms with Crippen molar-refractivity contribution in [1.82, 2.24) is 4.98 Å². The fraction of sp³-hybridized carbons (Fsp3) is 0. The highest BCUT2D eigenvalue weighted by atomic mass is 14.8. The number of rotatable bonds is 0. The van der Waals surface area contributed by atoms with Gasteiger partial charge in [0, 0.05) is 11.6 Å². The van der Waals surface area contributed by atoms with Crippen LogP contribution in [0.4, 0.5) is 5.82 Å². The highest BCUT2D eigenvalue weighted by molar-refractivity contribution is 6.11. The zero-order valence-corrected chi connectivity index (χ0v) is 8.14. The first-order chi connectivity index (χ1) is 7.36. The standard InChI is InChI=1S/C13H10N2/c14-13-12-10(7-8-15-13)6-5-9-3-1-2-4-11(9)12/h1-8H,(H2,14,15). The summed E-state index contributed by atoms with van der Waals surface area (Å²) < 4.78 is 0. The lowest BCUT2D eigenvalue weighted by Crippen LogP contribution is -1.91. The zero-order valence-electron chi connectivity index (χ0n) is 8.14. The third kappa shape index (κ3) is 1.15. The van der Waals surface area contributed by atoms with Gasteiger partial charge in [0.05, 0.1) is 0 Å². The van der Waals surface area contributed by atoms with Gasteiger partial charge in [0.2, 0.25) is 0 Å². The second-order valence-corrected chi connectivity index (χ2v) is 3.58. The monoisotopic (exact) mass is 194 g/mol. The van der Waals surface area contributed by atoms with Crippen LogP contribution in [0.5, 0.6) is 0 Å². The predicted octanol–water partition coefficient (Wildman–Crippen LogP) is 2.97.